The highest BCUT2D eigenvalue weighted by Crippen LogP contribution is 2.22. The van der Waals surface area contributed by atoms with Crippen molar-refractivity contribution in [2.45, 2.75) is 26.4 Å². The molecule has 0 bridgehead atoms. The number of esters is 1. The molecule has 1 aliphatic heterocycles. The molecule has 0 atom stereocenters. The SMILES string of the molecule is CC(=C=CCCCN1C(=O)c2ccccc2C1=O)C(=O)OCc1ccccc1. The van der Waals surface area contributed by atoms with Gasteiger partial charge >= 0.3 is 5.97 Å². The molecule has 5 nitrogen and oxygen atoms in total. The number of ether oxygens (including phenoxy) is 1. The maximum Gasteiger partial charge on any atom is 0.341 e. The molecule has 1 heterocycles. The number of hydrogen-bond donors (Lipinski definition) is 0. The Morgan fingerprint density at radius 2 is 1.61 bits per heavy atom. The standard InChI is InChI=1S/C23H21NO4/c1-17(23(27)28-16-18-11-5-2-6-12-18)10-4-3-9-15-24-21(25)19-13-7-8-14-20(19)22(24)26/h2,4-8,11-14H,3,9,15-16H2,1H3. The molecule has 3 rings (SSSR count). The zero-order valence-electron chi connectivity index (χ0n) is 15.7. The Morgan fingerprint density at radius 3 is 2.25 bits per heavy atom. The lowest BCUT2D eigenvalue weighted by Gasteiger charge is -2.12. The normalized spacial score (nSPS) is 12.4. The summed E-state index contributed by atoms with van der Waals surface area (Å²) in [4.78, 5) is 37.8. The van der Waals surface area contributed by atoms with Crippen molar-refractivity contribution in [3.63, 3.8) is 0 Å². The third-order valence-electron chi connectivity index (χ3n) is 4.45. The van der Waals surface area contributed by atoms with Gasteiger partial charge in [0.1, 0.15) is 6.61 Å². The summed E-state index contributed by atoms with van der Waals surface area (Å²) in [5.41, 5.74) is 5.14. The summed E-state index contributed by atoms with van der Waals surface area (Å²) in [7, 11) is 0. The average molecular weight is 375 g/mol. The predicted octanol–water partition coefficient (Wildman–Crippen LogP) is 3.91. The number of amides is 2. The van der Waals surface area contributed by atoms with Gasteiger partial charge in [0, 0.05) is 6.54 Å². The minimum absolute atomic E-state index is 0.221. The summed E-state index contributed by atoms with van der Waals surface area (Å²) in [6.07, 6.45) is 2.93. The number of hydrogen-bond acceptors (Lipinski definition) is 4. The Labute approximate surface area is 163 Å². The fourth-order valence-electron chi connectivity index (χ4n) is 2.91. The van der Waals surface area contributed by atoms with Gasteiger partial charge in [-0.25, -0.2) is 4.79 Å². The second-order valence-corrected chi connectivity index (χ2v) is 6.48. The van der Waals surface area contributed by atoms with E-state index >= 15 is 0 Å². The first-order valence-electron chi connectivity index (χ1n) is 9.16. The van der Waals surface area contributed by atoms with Crippen molar-refractivity contribution in [1.82, 2.24) is 4.90 Å². The van der Waals surface area contributed by atoms with E-state index in [1.54, 1.807) is 37.3 Å². The number of benzene rings is 2. The molecule has 1 aliphatic rings. The van der Waals surface area contributed by atoms with Gasteiger partial charge in [0.2, 0.25) is 0 Å². The summed E-state index contributed by atoms with van der Waals surface area (Å²) in [5.74, 6) is -0.915. The monoisotopic (exact) mass is 375 g/mol. The van der Waals surface area contributed by atoms with Crippen LogP contribution in [0.3, 0.4) is 0 Å². The van der Waals surface area contributed by atoms with Crippen LogP contribution in [-0.4, -0.2) is 29.2 Å². The van der Waals surface area contributed by atoms with E-state index in [-0.39, 0.29) is 18.4 Å². The zero-order chi connectivity index (χ0) is 19.9. The van der Waals surface area contributed by atoms with E-state index in [4.69, 9.17) is 4.74 Å². The maximum absolute atomic E-state index is 12.3. The number of nitrogens with zero attached hydrogens (tertiary/aromatic N) is 1. The molecule has 2 amide bonds. The van der Waals surface area contributed by atoms with Crippen LogP contribution in [0.15, 0.2) is 72.0 Å². The molecule has 0 aliphatic carbocycles. The van der Waals surface area contributed by atoms with Gasteiger partial charge in [0.25, 0.3) is 11.8 Å². The fourth-order valence-corrected chi connectivity index (χ4v) is 2.91. The first kappa shape index (κ1) is 19.3. The molecule has 2 aromatic carbocycles. The summed E-state index contributed by atoms with van der Waals surface area (Å²) >= 11 is 0. The van der Waals surface area contributed by atoms with Crippen LogP contribution in [0.4, 0.5) is 0 Å². The Morgan fingerprint density at radius 1 is 1.00 bits per heavy atom. The first-order chi connectivity index (χ1) is 13.6. The van der Waals surface area contributed by atoms with Crippen LogP contribution in [0.25, 0.3) is 0 Å². The summed E-state index contributed by atoms with van der Waals surface area (Å²) < 4.78 is 5.24. The van der Waals surface area contributed by atoms with Crippen LogP contribution in [0, 0.1) is 0 Å². The fraction of sp³-hybridized carbons (Fsp3) is 0.217. The predicted molar refractivity (Wildman–Crippen MR) is 105 cm³/mol. The van der Waals surface area contributed by atoms with Crippen LogP contribution >= 0.6 is 0 Å². The molecule has 0 fully saturated rings. The van der Waals surface area contributed by atoms with Gasteiger partial charge in [0.15, 0.2) is 0 Å². The lowest BCUT2D eigenvalue weighted by atomic mass is 10.1. The highest BCUT2D eigenvalue weighted by atomic mass is 16.5. The van der Waals surface area contributed by atoms with Crippen molar-refractivity contribution < 1.29 is 19.1 Å². The Hall–Kier alpha value is -3.43. The van der Waals surface area contributed by atoms with Gasteiger partial charge in [-0.05, 0) is 43.5 Å². The molecular weight excluding hydrogens is 354 g/mol. The molecule has 0 saturated carbocycles. The molecule has 28 heavy (non-hydrogen) atoms. The van der Waals surface area contributed by atoms with E-state index in [0.29, 0.717) is 36.1 Å². The maximum atomic E-state index is 12.3. The number of imide groups is 1. The molecular formula is C23H21NO4. The molecule has 0 aromatic heterocycles. The van der Waals surface area contributed by atoms with Crippen molar-refractivity contribution in [1.29, 1.82) is 0 Å². The Bertz CT molecular complexity index is 921. The van der Waals surface area contributed by atoms with Crippen molar-refractivity contribution in [2.75, 3.05) is 6.54 Å². The van der Waals surface area contributed by atoms with Gasteiger partial charge < -0.3 is 4.74 Å². The van der Waals surface area contributed by atoms with Crippen LogP contribution in [-0.2, 0) is 16.1 Å². The quantitative estimate of drug-likeness (QED) is 0.242. The third kappa shape index (κ3) is 4.45. The second-order valence-electron chi connectivity index (χ2n) is 6.48. The third-order valence-corrected chi connectivity index (χ3v) is 4.45. The highest BCUT2D eigenvalue weighted by Gasteiger charge is 2.34. The Kier molecular flexibility index (Phi) is 6.20. The Balaban J connectivity index is 1.46. The van der Waals surface area contributed by atoms with Crippen LogP contribution in [0.2, 0.25) is 0 Å². The van der Waals surface area contributed by atoms with Gasteiger partial charge in [-0.15, -0.1) is 5.73 Å². The minimum atomic E-state index is -0.416. The number of carbonyl (C=O) groups excluding carboxylic acids is 3. The minimum Gasteiger partial charge on any atom is -0.457 e. The number of carbonyl (C=O) groups is 3. The topological polar surface area (TPSA) is 63.7 Å². The first-order valence-corrected chi connectivity index (χ1v) is 9.16. The van der Waals surface area contributed by atoms with Gasteiger partial charge in [-0.2, -0.15) is 0 Å². The molecule has 142 valence electrons. The smallest absolute Gasteiger partial charge is 0.341 e. The van der Waals surface area contributed by atoms with E-state index in [9.17, 15) is 14.4 Å². The lowest BCUT2D eigenvalue weighted by molar-refractivity contribution is -0.140. The van der Waals surface area contributed by atoms with Gasteiger partial charge in [-0.1, -0.05) is 42.5 Å². The molecule has 0 N–H and O–H groups in total. The van der Waals surface area contributed by atoms with Crippen LogP contribution < -0.4 is 0 Å². The second kappa shape index (κ2) is 8.98. The average Bonchev–Trinajstić information content (AvgIpc) is 2.97. The summed E-state index contributed by atoms with van der Waals surface area (Å²) in [6, 6.07) is 16.3. The van der Waals surface area contributed by atoms with E-state index in [0.717, 1.165) is 5.56 Å². The van der Waals surface area contributed by atoms with E-state index in [1.807, 2.05) is 30.3 Å². The van der Waals surface area contributed by atoms with Gasteiger partial charge in [-0.3, -0.25) is 14.5 Å². The largest absolute Gasteiger partial charge is 0.457 e. The van der Waals surface area contributed by atoms with Crippen molar-refractivity contribution in [3.05, 3.63) is 88.7 Å². The summed E-state index contributed by atoms with van der Waals surface area (Å²) in [5, 5.41) is 0. The van der Waals surface area contributed by atoms with Crippen molar-refractivity contribution in [3.8, 4) is 0 Å². The lowest BCUT2D eigenvalue weighted by Crippen LogP contribution is -2.30. The highest BCUT2D eigenvalue weighted by molar-refractivity contribution is 6.21. The number of rotatable bonds is 7. The molecule has 0 unspecified atom stereocenters. The van der Waals surface area contributed by atoms with Crippen LogP contribution in [0.1, 0.15) is 46.0 Å². The van der Waals surface area contributed by atoms with Crippen molar-refractivity contribution in [2.24, 2.45) is 0 Å². The van der Waals surface area contributed by atoms with E-state index < -0.39 is 5.97 Å². The van der Waals surface area contributed by atoms with E-state index in [1.165, 1.54) is 4.90 Å². The van der Waals surface area contributed by atoms with Crippen LogP contribution in [0.5, 0.6) is 0 Å². The summed E-state index contributed by atoms with van der Waals surface area (Å²) in [6.45, 7) is 2.20. The number of unbranched alkanes of at least 4 members (excludes halogenated alkanes) is 1. The van der Waals surface area contributed by atoms with Gasteiger partial charge in [0.05, 0.1) is 16.7 Å². The molecule has 0 saturated heterocycles. The molecule has 0 spiro atoms. The zero-order valence-corrected chi connectivity index (χ0v) is 15.7. The van der Waals surface area contributed by atoms with E-state index in [2.05, 4.69) is 5.73 Å². The number of fused-ring (bicyclic) bond motifs is 1. The van der Waals surface area contributed by atoms with Crippen molar-refractivity contribution >= 4 is 17.8 Å². The molecule has 5 heteroatoms. The molecule has 0 radical (unpaired) electrons. The molecule has 2 aromatic rings.